The number of carbonyl (C=O) groups excluding carboxylic acids is 1. The van der Waals surface area contributed by atoms with Gasteiger partial charge in [0, 0.05) is 11.0 Å². The number of urea groups is 1. The number of halogens is 2. The predicted molar refractivity (Wildman–Crippen MR) is 99.1 cm³/mol. The Morgan fingerprint density at radius 3 is 2.83 bits per heavy atom. The summed E-state index contributed by atoms with van der Waals surface area (Å²) in [4.78, 5) is 11.8. The van der Waals surface area contributed by atoms with Crippen LogP contribution in [0, 0.1) is 6.92 Å². The molecule has 2 aromatic rings. The minimum atomic E-state index is -0.377. The van der Waals surface area contributed by atoms with Crippen molar-refractivity contribution in [3.8, 4) is 11.5 Å². The molecule has 0 saturated carbocycles. The lowest BCUT2D eigenvalue weighted by molar-refractivity contribution is 0.250. The number of ether oxygens (including phenoxy) is 1. The summed E-state index contributed by atoms with van der Waals surface area (Å²) in [5.74, 6) is 0.637. The van der Waals surface area contributed by atoms with Gasteiger partial charge in [0.1, 0.15) is 11.5 Å². The van der Waals surface area contributed by atoms with Gasteiger partial charge in [-0.3, -0.25) is 0 Å². The third kappa shape index (κ3) is 5.62. The van der Waals surface area contributed by atoms with Crippen molar-refractivity contribution in [1.82, 2.24) is 5.32 Å². The molecule has 0 radical (unpaired) electrons. The van der Waals surface area contributed by atoms with E-state index in [2.05, 4.69) is 26.6 Å². The molecule has 0 aliphatic carbocycles. The Morgan fingerprint density at radius 2 is 2.08 bits per heavy atom. The van der Waals surface area contributed by atoms with Crippen molar-refractivity contribution in [2.75, 3.05) is 18.5 Å². The average molecular weight is 414 g/mol. The summed E-state index contributed by atoms with van der Waals surface area (Å²) >= 11 is 9.38. The number of phenolic OH excluding ortho intramolecular Hbond substituents is 1. The van der Waals surface area contributed by atoms with Gasteiger partial charge in [-0.2, -0.15) is 0 Å². The molecule has 0 aromatic heterocycles. The topological polar surface area (TPSA) is 70.6 Å². The number of hydrogen-bond donors (Lipinski definition) is 3. The summed E-state index contributed by atoms with van der Waals surface area (Å²) in [5.41, 5.74) is 1.33. The SMILES string of the molecule is Cc1ccc(O)c(NC(=O)NCCCOc2ccc(Br)cc2Cl)c1. The molecule has 0 aliphatic heterocycles. The maximum absolute atomic E-state index is 11.8. The number of anilines is 1. The Labute approximate surface area is 154 Å². The van der Waals surface area contributed by atoms with Gasteiger partial charge in [0.15, 0.2) is 0 Å². The van der Waals surface area contributed by atoms with Gasteiger partial charge < -0.3 is 20.5 Å². The molecule has 5 nitrogen and oxygen atoms in total. The van der Waals surface area contributed by atoms with Crippen LogP contribution in [-0.4, -0.2) is 24.3 Å². The molecule has 0 atom stereocenters. The number of rotatable bonds is 6. The van der Waals surface area contributed by atoms with Crippen LogP contribution < -0.4 is 15.4 Å². The minimum Gasteiger partial charge on any atom is -0.506 e. The number of aromatic hydroxyl groups is 1. The fourth-order valence-corrected chi connectivity index (χ4v) is 2.69. The second kappa shape index (κ2) is 8.80. The molecule has 0 bridgehead atoms. The van der Waals surface area contributed by atoms with Crippen molar-refractivity contribution < 1.29 is 14.6 Å². The highest BCUT2D eigenvalue weighted by Gasteiger charge is 2.06. The van der Waals surface area contributed by atoms with E-state index in [0.29, 0.717) is 36.0 Å². The normalized spacial score (nSPS) is 10.3. The van der Waals surface area contributed by atoms with E-state index in [9.17, 15) is 9.90 Å². The molecule has 128 valence electrons. The van der Waals surface area contributed by atoms with Gasteiger partial charge in [-0.05, 0) is 49.2 Å². The summed E-state index contributed by atoms with van der Waals surface area (Å²) in [6, 6.07) is 10.0. The smallest absolute Gasteiger partial charge is 0.319 e. The fourth-order valence-electron chi connectivity index (χ4n) is 1.96. The van der Waals surface area contributed by atoms with Crippen LogP contribution in [-0.2, 0) is 0 Å². The predicted octanol–water partition coefficient (Wildman–Crippen LogP) is 4.71. The third-order valence-corrected chi connectivity index (χ3v) is 3.95. The Hall–Kier alpha value is -1.92. The summed E-state index contributed by atoms with van der Waals surface area (Å²) in [7, 11) is 0. The maximum Gasteiger partial charge on any atom is 0.319 e. The first-order chi connectivity index (χ1) is 11.5. The van der Waals surface area contributed by atoms with Crippen LogP contribution in [0.5, 0.6) is 11.5 Å². The largest absolute Gasteiger partial charge is 0.506 e. The zero-order valence-electron chi connectivity index (χ0n) is 13.1. The molecule has 0 spiro atoms. The number of aryl methyl sites for hydroxylation is 1. The zero-order chi connectivity index (χ0) is 17.5. The highest BCUT2D eigenvalue weighted by molar-refractivity contribution is 9.10. The first-order valence-corrected chi connectivity index (χ1v) is 8.55. The first-order valence-electron chi connectivity index (χ1n) is 7.38. The molecule has 7 heteroatoms. The van der Waals surface area contributed by atoms with Crippen molar-refractivity contribution in [2.45, 2.75) is 13.3 Å². The zero-order valence-corrected chi connectivity index (χ0v) is 15.4. The lowest BCUT2D eigenvalue weighted by atomic mass is 10.2. The van der Waals surface area contributed by atoms with Gasteiger partial charge in [0.25, 0.3) is 0 Å². The molecule has 3 N–H and O–H groups in total. The summed E-state index contributed by atoms with van der Waals surface area (Å²) in [6.45, 7) is 2.75. The van der Waals surface area contributed by atoms with E-state index >= 15 is 0 Å². The van der Waals surface area contributed by atoms with E-state index in [0.717, 1.165) is 10.0 Å². The standard InChI is InChI=1S/C17H18BrClN2O3/c1-11-3-5-15(22)14(9-11)21-17(23)20-7-2-8-24-16-6-4-12(18)10-13(16)19/h3-6,9-10,22H,2,7-8H2,1H3,(H2,20,21,23). The van der Waals surface area contributed by atoms with Gasteiger partial charge in [-0.25, -0.2) is 4.79 Å². The van der Waals surface area contributed by atoms with E-state index in [-0.39, 0.29) is 11.8 Å². The van der Waals surface area contributed by atoms with E-state index in [1.165, 1.54) is 0 Å². The molecule has 0 unspecified atom stereocenters. The van der Waals surface area contributed by atoms with E-state index < -0.39 is 0 Å². The van der Waals surface area contributed by atoms with Gasteiger partial charge in [-0.1, -0.05) is 33.6 Å². The van der Waals surface area contributed by atoms with Crippen LogP contribution in [0.1, 0.15) is 12.0 Å². The lowest BCUT2D eigenvalue weighted by Crippen LogP contribution is -2.30. The summed E-state index contributed by atoms with van der Waals surface area (Å²) in [6.07, 6.45) is 0.625. The second-order valence-electron chi connectivity index (χ2n) is 5.18. The number of amides is 2. The molecule has 24 heavy (non-hydrogen) atoms. The van der Waals surface area contributed by atoms with E-state index in [4.69, 9.17) is 16.3 Å². The van der Waals surface area contributed by atoms with Gasteiger partial charge in [0.2, 0.25) is 0 Å². The first kappa shape index (κ1) is 18.4. The third-order valence-electron chi connectivity index (χ3n) is 3.16. The number of nitrogens with one attached hydrogen (secondary N) is 2. The number of benzene rings is 2. The molecular weight excluding hydrogens is 396 g/mol. The molecule has 2 rings (SSSR count). The van der Waals surface area contributed by atoms with E-state index in [1.54, 1.807) is 30.3 Å². The monoisotopic (exact) mass is 412 g/mol. The van der Waals surface area contributed by atoms with Gasteiger partial charge in [-0.15, -0.1) is 0 Å². The number of phenols is 1. The molecule has 2 aromatic carbocycles. The second-order valence-corrected chi connectivity index (χ2v) is 6.50. The lowest BCUT2D eigenvalue weighted by Gasteiger charge is -2.11. The summed E-state index contributed by atoms with van der Waals surface area (Å²) < 4.78 is 6.45. The average Bonchev–Trinajstić information content (AvgIpc) is 2.52. The van der Waals surface area contributed by atoms with Crippen LogP contribution in [0.2, 0.25) is 5.02 Å². The number of carbonyl (C=O) groups is 1. The van der Waals surface area contributed by atoms with Crippen LogP contribution >= 0.6 is 27.5 Å². The quantitative estimate of drug-likeness (QED) is 0.474. The van der Waals surface area contributed by atoms with Crippen LogP contribution in [0.4, 0.5) is 10.5 Å². The van der Waals surface area contributed by atoms with Crippen molar-refractivity contribution in [3.63, 3.8) is 0 Å². The van der Waals surface area contributed by atoms with Crippen LogP contribution in [0.3, 0.4) is 0 Å². The highest BCUT2D eigenvalue weighted by Crippen LogP contribution is 2.27. The highest BCUT2D eigenvalue weighted by atomic mass is 79.9. The van der Waals surface area contributed by atoms with Crippen LogP contribution in [0.25, 0.3) is 0 Å². The Kier molecular flexibility index (Phi) is 6.75. The molecule has 2 amide bonds. The molecule has 0 saturated heterocycles. The van der Waals surface area contributed by atoms with Crippen LogP contribution in [0.15, 0.2) is 40.9 Å². The molecule has 0 heterocycles. The van der Waals surface area contributed by atoms with Gasteiger partial charge >= 0.3 is 6.03 Å². The van der Waals surface area contributed by atoms with Crippen molar-refractivity contribution in [2.24, 2.45) is 0 Å². The van der Waals surface area contributed by atoms with Crippen molar-refractivity contribution >= 4 is 39.2 Å². The fraction of sp³-hybridized carbons (Fsp3) is 0.235. The van der Waals surface area contributed by atoms with E-state index in [1.807, 2.05) is 13.0 Å². The molecule has 0 aliphatic rings. The molecule has 0 fully saturated rings. The number of hydrogen-bond acceptors (Lipinski definition) is 3. The Balaban J connectivity index is 1.70. The Morgan fingerprint density at radius 1 is 1.29 bits per heavy atom. The van der Waals surface area contributed by atoms with Crippen molar-refractivity contribution in [1.29, 1.82) is 0 Å². The maximum atomic E-state index is 11.8. The van der Waals surface area contributed by atoms with Crippen molar-refractivity contribution in [3.05, 3.63) is 51.5 Å². The Bertz CT molecular complexity index is 725. The van der Waals surface area contributed by atoms with Gasteiger partial charge in [0.05, 0.1) is 17.3 Å². The summed E-state index contributed by atoms with van der Waals surface area (Å²) in [5, 5.41) is 15.5. The molecular formula is C17H18BrClN2O3. The minimum absolute atomic E-state index is 0.0314.